The summed E-state index contributed by atoms with van der Waals surface area (Å²) in [6.45, 7) is 3.42. The standard InChI is InChI=1S/C18H19N5O2/c1-12-2-3-14(10-19-12)22-18(24)13-8-16-17(20-9-13)23(11-21-16)15-4-6-25-7-5-15/h2-3,8-11,15H,4-7H2,1H3,(H,22,24). The van der Waals surface area contributed by atoms with Crippen LogP contribution >= 0.6 is 0 Å². The maximum absolute atomic E-state index is 12.4. The van der Waals surface area contributed by atoms with E-state index in [9.17, 15) is 4.79 Å². The molecule has 3 aromatic rings. The van der Waals surface area contributed by atoms with Crippen LogP contribution in [0.2, 0.25) is 0 Å². The topological polar surface area (TPSA) is 81.9 Å². The van der Waals surface area contributed by atoms with E-state index in [4.69, 9.17) is 4.74 Å². The Morgan fingerprint density at radius 2 is 2.04 bits per heavy atom. The van der Waals surface area contributed by atoms with Crippen molar-refractivity contribution in [3.8, 4) is 0 Å². The van der Waals surface area contributed by atoms with Gasteiger partial charge in [0.05, 0.1) is 23.8 Å². The number of aromatic nitrogens is 4. The second-order valence-electron chi connectivity index (χ2n) is 6.20. The highest BCUT2D eigenvalue weighted by Gasteiger charge is 2.19. The Kier molecular flexibility index (Phi) is 4.15. The lowest BCUT2D eigenvalue weighted by molar-refractivity contribution is 0.0704. The number of imidazole rings is 1. The molecule has 3 aromatic heterocycles. The summed E-state index contributed by atoms with van der Waals surface area (Å²) in [7, 11) is 0. The van der Waals surface area contributed by atoms with Gasteiger partial charge in [0.1, 0.15) is 5.52 Å². The SMILES string of the molecule is Cc1ccc(NC(=O)c2cnc3c(c2)ncn3C2CCOCC2)cn1. The highest BCUT2D eigenvalue weighted by atomic mass is 16.5. The summed E-state index contributed by atoms with van der Waals surface area (Å²) in [6.07, 6.45) is 6.95. The minimum absolute atomic E-state index is 0.222. The maximum Gasteiger partial charge on any atom is 0.257 e. The van der Waals surface area contributed by atoms with E-state index in [-0.39, 0.29) is 5.91 Å². The summed E-state index contributed by atoms with van der Waals surface area (Å²) in [5.41, 5.74) is 3.56. The molecule has 0 aliphatic carbocycles. The molecule has 0 saturated carbocycles. The third kappa shape index (κ3) is 3.23. The fourth-order valence-corrected chi connectivity index (χ4v) is 3.02. The Hall–Kier alpha value is -2.80. The quantitative estimate of drug-likeness (QED) is 0.795. The maximum atomic E-state index is 12.4. The molecular weight excluding hydrogens is 318 g/mol. The van der Waals surface area contributed by atoms with Crippen LogP contribution in [0.4, 0.5) is 5.69 Å². The van der Waals surface area contributed by atoms with Gasteiger partial charge in [0.2, 0.25) is 0 Å². The van der Waals surface area contributed by atoms with Crippen molar-refractivity contribution in [3.63, 3.8) is 0 Å². The van der Waals surface area contributed by atoms with E-state index in [2.05, 4.69) is 24.8 Å². The first-order valence-corrected chi connectivity index (χ1v) is 8.35. The Morgan fingerprint density at radius 1 is 1.20 bits per heavy atom. The number of aryl methyl sites for hydroxylation is 1. The van der Waals surface area contributed by atoms with Gasteiger partial charge in [-0.25, -0.2) is 9.97 Å². The second kappa shape index (κ2) is 6.60. The fraction of sp³-hybridized carbons (Fsp3) is 0.333. The van der Waals surface area contributed by atoms with Crippen LogP contribution in [0, 0.1) is 6.92 Å². The van der Waals surface area contributed by atoms with Gasteiger partial charge in [-0.1, -0.05) is 0 Å². The molecule has 0 bridgehead atoms. The van der Waals surface area contributed by atoms with Crippen molar-refractivity contribution in [3.05, 3.63) is 48.2 Å². The Bertz CT molecular complexity index is 897. The zero-order valence-electron chi connectivity index (χ0n) is 14.0. The Labute approximate surface area is 145 Å². The van der Waals surface area contributed by atoms with Crippen LogP contribution in [0.5, 0.6) is 0 Å². The minimum Gasteiger partial charge on any atom is -0.381 e. The predicted molar refractivity (Wildman–Crippen MR) is 93.5 cm³/mol. The third-order valence-corrected chi connectivity index (χ3v) is 4.43. The third-order valence-electron chi connectivity index (χ3n) is 4.43. The number of nitrogens with zero attached hydrogens (tertiary/aromatic N) is 4. The molecule has 0 radical (unpaired) electrons. The van der Waals surface area contributed by atoms with Crippen molar-refractivity contribution in [1.29, 1.82) is 0 Å². The van der Waals surface area contributed by atoms with Crippen LogP contribution < -0.4 is 5.32 Å². The predicted octanol–water partition coefficient (Wildman–Crippen LogP) is 2.74. The first kappa shape index (κ1) is 15.7. The van der Waals surface area contributed by atoms with E-state index < -0.39 is 0 Å². The Balaban J connectivity index is 1.56. The molecular formula is C18H19N5O2. The van der Waals surface area contributed by atoms with Crippen molar-refractivity contribution in [2.24, 2.45) is 0 Å². The monoisotopic (exact) mass is 337 g/mol. The molecule has 1 aliphatic rings. The van der Waals surface area contributed by atoms with Gasteiger partial charge in [-0.05, 0) is 38.0 Å². The summed E-state index contributed by atoms with van der Waals surface area (Å²) in [4.78, 5) is 25.5. The first-order valence-electron chi connectivity index (χ1n) is 8.35. The van der Waals surface area contributed by atoms with E-state index in [1.165, 1.54) is 0 Å². The molecule has 4 rings (SSSR count). The van der Waals surface area contributed by atoms with Crippen molar-refractivity contribution in [2.75, 3.05) is 18.5 Å². The fourth-order valence-electron chi connectivity index (χ4n) is 3.02. The summed E-state index contributed by atoms with van der Waals surface area (Å²) < 4.78 is 7.50. The first-order chi connectivity index (χ1) is 12.2. The lowest BCUT2D eigenvalue weighted by atomic mass is 10.1. The van der Waals surface area contributed by atoms with Crippen LogP contribution in [0.1, 0.15) is 34.9 Å². The number of pyridine rings is 2. The lowest BCUT2D eigenvalue weighted by Gasteiger charge is -2.23. The molecule has 1 saturated heterocycles. The van der Waals surface area contributed by atoms with Crippen LogP contribution in [-0.2, 0) is 4.74 Å². The van der Waals surface area contributed by atoms with Gasteiger partial charge < -0.3 is 14.6 Å². The number of amides is 1. The van der Waals surface area contributed by atoms with Gasteiger partial charge in [0.25, 0.3) is 5.91 Å². The van der Waals surface area contributed by atoms with Crippen LogP contribution in [0.15, 0.2) is 36.9 Å². The second-order valence-corrected chi connectivity index (χ2v) is 6.20. The molecule has 1 amide bonds. The molecule has 128 valence electrons. The summed E-state index contributed by atoms with van der Waals surface area (Å²) in [5.74, 6) is -0.222. The molecule has 1 N–H and O–H groups in total. The number of ether oxygens (including phenoxy) is 1. The van der Waals surface area contributed by atoms with Gasteiger partial charge >= 0.3 is 0 Å². The summed E-state index contributed by atoms with van der Waals surface area (Å²) in [6, 6.07) is 5.80. The molecule has 0 unspecified atom stereocenters. The zero-order chi connectivity index (χ0) is 17.2. The zero-order valence-corrected chi connectivity index (χ0v) is 14.0. The highest BCUT2D eigenvalue weighted by molar-refractivity contribution is 6.05. The van der Waals surface area contributed by atoms with E-state index >= 15 is 0 Å². The van der Waals surface area contributed by atoms with Crippen LogP contribution in [0.3, 0.4) is 0 Å². The number of carbonyl (C=O) groups is 1. The van der Waals surface area contributed by atoms with Crippen molar-refractivity contribution in [1.82, 2.24) is 19.5 Å². The average Bonchev–Trinajstić information content (AvgIpc) is 3.07. The summed E-state index contributed by atoms with van der Waals surface area (Å²) >= 11 is 0. The molecule has 1 aliphatic heterocycles. The minimum atomic E-state index is -0.222. The number of anilines is 1. The highest BCUT2D eigenvalue weighted by Crippen LogP contribution is 2.24. The molecule has 25 heavy (non-hydrogen) atoms. The van der Waals surface area contributed by atoms with E-state index in [0.29, 0.717) is 17.3 Å². The molecule has 7 nitrogen and oxygen atoms in total. The normalized spacial score (nSPS) is 15.4. The molecule has 7 heteroatoms. The Morgan fingerprint density at radius 3 is 2.80 bits per heavy atom. The number of nitrogens with one attached hydrogen (secondary N) is 1. The van der Waals surface area contributed by atoms with Gasteiger partial charge in [-0.2, -0.15) is 0 Å². The number of hydrogen-bond donors (Lipinski definition) is 1. The molecule has 1 fully saturated rings. The number of hydrogen-bond acceptors (Lipinski definition) is 5. The smallest absolute Gasteiger partial charge is 0.257 e. The van der Waals surface area contributed by atoms with Gasteiger partial charge in [0.15, 0.2) is 5.65 Å². The van der Waals surface area contributed by atoms with Gasteiger partial charge in [-0.15, -0.1) is 0 Å². The average molecular weight is 337 g/mol. The number of carbonyl (C=O) groups excluding carboxylic acids is 1. The summed E-state index contributed by atoms with van der Waals surface area (Å²) in [5, 5.41) is 2.83. The molecule has 0 spiro atoms. The van der Waals surface area contributed by atoms with Crippen molar-refractivity contribution < 1.29 is 9.53 Å². The largest absolute Gasteiger partial charge is 0.381 e. The van der Waals surface area contributed by atoms with Gasteiger partial charge in [0, 0.05) is 31.1 Å². The van der Waals surface area contributed by atoms with Crippen molar-refractivity contribution >= 4 is 22.8 Å². The van der Waals surface area contributed by atoms with Crippen LogP contribution in [-0.4, -0.2) is 38.6 Å². The van der Waals surface area contributed by atoms with E-state index in [1.807, 2.05) is 19.1 Å². The van der Waals surface area contributed by atoms with Crippen molar-refractivity contribution in [2.45, 2.75) is 25.8 Å². The number of rotatable bonds is 3. The van der Waals surface area contributed by atoms with Crippen LogP contribution in [0.25, 0.3) is 11.2 Å². The van der Waals surface area contributed by atoms with Gasteiger partial charge in [-0.3, -0.25) is 9.78 Å². The molecule has 0 atom stereocenters. The molecule has 0 aromatic carbocycles. The van der Waals surface area contributed by atoms with E-state index in [0.717, 1.165) is 42.9 Å². The lowest BCUT2D eigenvalue weighted by Crippen LogP contribution is -2.19. The molecule has 4 heterocycles. The van der Waals surface area contributed by atoms with E-state index in [1.54, 1.807) is 24.8 Å². The number of fused-ring (bicyclic) bond motifs is 1.